The van der Waals surface area contributed by atoms with Crippen LogP contribution >= 0.6 is 0 Å². The summed E-state index contributed by atoms with van der Waals surface area (Å²) >= 11 is 0. The summed E-state index contributed by atoms with van der Waals surface area (Å²) in [5.41, 5.74) is 3.18. The summed E-state index contributed by atoms with van der Waals surface area (Å²) in [4.78, 5) is 33.0. The Hall–Kier alpha value is -3.80. The highest BCUT2D eigenvalue weighted by Crippen LogP contribution is 2.12. The van der Waals surface area contributed by atoms with Gasteiger partial charge in [0.2, 0.25) is 0 Å². The van der Waals surface area contributed by atoms with Crippen molar-refractivity contribution in [3.63, 3.8) is 0 Å². The third kappa shape index (κ3) is 3.81. The summed E-state index contributed by atoms with van der Waals surface area (Å²) < 4.78 is 6.67. The number of esters is 1. The maximum atomic E-state index is 12.2. The molecule has 3 heterocycles. The molecule has 4 rings (SSSR count). The van der Waals surface area contributed by atoms with Crippen LogP contribution in [0.2, 0.25) is 0 Å². The Labute approximate surface area is 160 Å². The van der Waals surface area contributed by atoms with E-state index in [1.165, 1.54) is 16.5 Å². The van der Waals surface area contributed by atoms with Gasteiger partial charge in [-0.25, -0.2) is 14.8 Å². The molecule has 0 amide bonds. The van der Waals surface area contributed by atoms with Gasteiger partial charge in [0.25, 0.3) is 5.56 Å². The van der Waals surface area contributed by atoms with Crippen molar-refractivity contribution in [1.82, 2.24) is 14.4 Å². The second kappa shape index (κ2) is 7.44. The lowest BCUT2D eigenvalue weighted by Crippen LogP contribution is -2.16. The molecule has 3 aromatic heterocycles. The van der Waals surface area contributed by atoms with Crippen molar-refractivity contribution >= 4 is 28.6 Å². The van der Waals surface area contributed by atoms with Gasteiger partial charge in [0, 0.05) is 23.7 Å². The second-order valence-electron chi connectivity index (χ2n) is 6.39. The molecule has 0 radical (unpaired) electrons. The summed E-state index contributed by atoms with van der Waals surface area (Å²) in [6.07, 6.45) is 4.63. The van der Waals surface area contributed by atoms with Crippen molar-refractivity contribution in [1.29, 1.82) is 0 Å². The highest BCUT2D eigenvalue weighted by atomic mass is 16.5. The van der Waals surface area contributed by atoms with E-state index in [4.69, 9.17) is 4.74 Å². The van der Waals surface area contributed by atoms with Crippen LogP contribution in [-0.2, 0) is 16.1 Å². The zero-order chi connectivity index (χ0) is 19.5. The highest BCUT2D eigenvalue weighted by Gasteiger charge is 2.05. The standard InChI is InChI=1S/C22H17N3O3/c1-15-6-10-20-24-18(12-21(26)25(20)13-15)14-28-22(27)11-9-17-8-7-16-4-2-3-5-19(16)23-17/h2-13H,14H2,1H3/b11-9+. The van der Waals surface area contributed by atoms with Crippen LogP contribution in [0.1, 0.15) is 17.0 Å². The van der Waals surface area contributed by atoms with Crippen LogP contribution in [0.15, 0.2) is 71.7 Å². The van der Waals surface area contributed by atoms with E-state index in [9.17, 15) is 9.59 Å². The lowest BCUT2D eigenvalue weighted by molar-refractivity contribution is -0.139. The maximum Gasteiger partial charge on any atom is 0.331 e. The van der Waals surface area contributed by atoms with Crippen LogP contribution in [0.3, 0.4) is 0 Å². The first-order valence-corrected chi connectivity index (χ1v) is 8.78. The molecule has 0 spiro atoms. The van der Waals surface area contributed by atoms with Gasteiger partial charge in [0.15, 0.2) is 0 Å². The van der Waals surface area contributed by atoms with E-state index in [-0.39, 0.29) is 12.2 Å². The van der Waals surface area contributed by atoms with Gasteiger partial charge in [-0.05, 0) is 36.8 Å². The maximum absolute atomic E-state index is 12.2. The third-order valence-corrected chi connectivity index (χ3v) is 4.23. The number of aromatic nitrogens is 3. The predicted octanol–water partition coefficient (Wildman–Crippen LogP) is 3.31. The Morgan fingerprint density at radius 3 is 2.86 bits per heavy atom. The molecule has 0 aliphatic heterocycles. The van der Waals surface area contributed by atoms with Crippen molar-refractivity contribution in [3.05, 3.63) is 94.2 Å². The number of carbonyl (C=O) groups excluding carboxylic acids is 1. The normalized spacial score (nSPS) is 11.3. The third-order valence-electron chi connectivity index (χ3n) is 4.23. The Kier molecular flexibility index (Phi) is 4.68. The average molecular weight is 371 g/mol. The smallest absolute Gasteiger partial charge is 0.331 e. The van der Waals surface area contributed by atoms with E-state index in [2.05, 4.69) is 9.97 Å². The fourth-order valence-corrected chi connectivity index (χ4v) is 2.85. The van der Waals surface area contributed by atoms with Crippen LogP contribution in [0, 0.1) is 6.92 Å². The number of pyridine rings is 2. The zero-order valence-corrected chi connectivity index (χ0v) is 15.2. The summed E-state index contributed by atoms with van der Waals surface area (Å²) in [6.45, 7) is 1.83. The van der Waals surface area contributed by atoms with Crippen LogP contribution in [0.5, 0.6) is 0 Å². The minimum Gasteiger partial charge on any atom is -0.456 e. The average Bonchev–Trinajstić information content (AvgIpc) is 2.71. The number of hydrogen-bond acceptors (Lipinski definition) is 5. The molecule has 0 aliphatic rings. The molecular weight excluding hydrogens is 354 g/mol. The Balaban J connectivity index is 1.45. The van der Waals surface area contributed by atoms with Crippen molar-refractivity contribution < 1.29 is 9.53 Å². The molecule has 0 fully saturated rings. The fraction of sp³-hybridized carbons (Fsp3) is 0.0909. The van der Waals surface area contributed by atoms with Crippen molar-refractivity contribution in [2.75, 3.05) is 0 Å². The number of rotatable bonds is 4. The zero-order valence-electron chi connectivity index (χ0n) is 15.2. The summed E-state index contributed by atoms with van der Waals surface area (Å²) in [5.74, 6) is -0.527. The Morgan fingerprint density at radius 2 is 1.96 bits per heavy atom. The monoisotopic (exact) mass is 371 g/mol. The van der Waals surface area contributed by atoms with Crippen molar-refractivity contribution in [2.24, 2.45) is 0 Å². The molecule has 0 atom stereocenters. The van der Waals surface area contributed by atoms with Crippen LogP contribution in [0.25, 0.3) is 22.6 Å². The number of para-hydroxylation sites is 1. The van der Waals surface area contributed by atoms with Crippen LogP contribution in [0.4, 0.5) is 0 Å². The van der Waals surface area contributed by atoms with E-state index in [0.29, 0.717) is 17.0 Å². The largest absolute Gasteiger partial charge is 0.456 e. The molecule has 28 heavy (non-hydrogen) atoms. The molecular formula is C22H17N3O3. The minimum absolute atomic E-state index is 0.0755. The Morgan fingerprint density at radius 1 is 1.11 bits per heavy atom. The number of ether oxygens (including phenoxy) is 1. The molecule has 6 heteroatoms. The van der Waals surface area contributed by atoms with E-state index >= 15 is 0 Å². The molecule has 0 N–H and O–H groups in total. The van der Waals surface area contributed by atoms with Crippen molar-refractivity contribution in [3.8, 4) is 0 Å². The molecule has 1 aromatic carbocycles. The SMILES string of the molecule is Cc1ccc2nc(COC(=O)/C=C/c3ccc4ccccc4n3)cc(=O)n2c1. The molecule has 0 saturated heterocycles. The van der Waals surface area contributed by atoms with Gasteiger partial charge >= 0.3 is 5.97 Å². The highest BCUT2D eigenvalue weighted by molar-refractivity contribution is 5.87. The van der Waals surface area contributed by atoms with Gasteiger partial charge in [0.1, 0.15) is 12.3 Å². The second-order valence-corrected chi connectivity index (χ2v) is 6.39. The van der Waals surface area contributed by atoms with Crippen LogP contribution < -0.4 is 5.56 Å². The van der Waals surface area contributed by atoms with Gasteiger partial charge in [-0.3, -0.25) is 9.20 Å². The van der Waals surface area contributed by atoms with E-state index < -0.39 is 5.97 Å². The van der Waals surface area contributed by atoms with Gasteiger partial charge in [-0.1, -0.05) is 30.3 Å². The molecule has 0 unspecified atom stereocenters. The predicted molar refractivity (Wildman–Crippen MR) is 107 cm³/mol. The fourth-order valence-electron chi connectivity index (χ4n) is 2.85. The summed E-state index contributed by atoms with van der Waals surface area (Å²) in [7, 11) is 0. The number of benzene rings is 1. The molecule has 6 nitrogen and oxygen atoms in total. The molecule has 0 aliphatic carbocycles. The number of nitrogens with zero attached hydrogens (tertiary/aromatic N) is 3. The molecule has 138 valence electrons. The van der Waals surface area contributed by atoms with E-state index in [1.54, 1.807) is 18.3 Å². The Bertz CT molecular complexity index is 1270. The number of carbonyl (C=O) groups is 1. The number of hydrogen-bond donors (Lipinski definition) is 0. The quantitative estimate of drug-likeness (QED) is 0.406. The van der Waals surface area contributed by atoms with E-state index in [0.717, 1.165) is 16.5 Å². The molecule has 0 bridgehead atoms. The van der Waals surface area contributed by atoms with Gasteiger partial charge in [-0.2, -0.15) is 0 Å². The lowest BCUT2D eigenvalue weighted by Gasteiger charge is -2.05. The van der Waals surface area contributed by atoms with Gasteiger partial charge in [0.05, 0.1) is 16.9 Å². The number of aryl methyl sites for hydroxylation is 1. The molecule has 0 saturated carbocycles. The summed E-state index contributed by atoms with van der Waals surface area (Å²) in [5, 5.41) is 1.03. The summed E-state index contributed by atoms with van der Waals surface area (Å²) in [6, 6.07) is 16.5. The molecule has 4 aromatic rings. The minimum atomic E-state index is -0.527. The van der Waals surface area contributed by atoms with Gasteiger partial charge in [-0.15, -0.1) is 0 Å². The first-order valence-electron chi connectivity index (χ1n) is 8.78. The van der Waals surface area contributed by atoms with Crippen LogP contribution in [-0.4, -0.2) is 20.3 Å². The van der Waals surface area contributed by atoms with Gasteiger partial charge < -0.3 is 4.74 Å². The number of fused-ring (bicyclic) bond motifs is 2. The topological polar surface area (TPSA) is 73.6 Å². The lowest BCUT2D eigenvalue weighted by atomic mass is 10.2. The van der Waals surface area contributed by atoms with E-state index in [1.807, 2.05) is 49.4 Å². The first-order chi connectivity index (χ1) is 13.6. The van der Waals surface area contributed by atoms with Crippen molar-refractivity contribution in [2.45, 2.75) is 13.5 Å². The first kappa shape index (κ1) is 17.6.